The molecule has 7 heteroatoms. The Kier molecular flexibility index (Phi) is 5.88. The van der Waals surface area contributed by atoms with E-state index < -0.39 is 5.97 Å². The van der Waals surface area contributed by atoms with Gasteiger partial charge in [-0.3, -0.25) is 0 Å². The van der Waals surface area contributed by atoms with Gasteiger partial charge < -0.3 is 15.4 Å². The predicted molar refractivity (Wildman–Crippen MR) is 107 cm³/mol. The molecule has 0 atom stereocenters. The van der Waals surface area contributed by atoms with Crippen molar-refractivity contribution in [2.75, 3.05) is 17.7 Å². The summed E-state index contributed by atoms with van der Waals surface area (Å²) in [6.07, 6.45) is 0. The van der Waals surface area contributed by atoms with E-state index in [2.05, 4.69) is 20.6 Å². The van der Waals surface area contributed by atoms with Gasteiger partial charge in [-0.1, -0.05) is 35.9 Å². The van der Waals surface area contributed by atoms with Crippen molar-refractivity contribution in [2.24, 2.45) is 0 Å². The number of carbonyl (C=O) groups is 1. The van der Waals surface area contributed by atoms with Crippen molar-refractivity contribution in [3.8, 4) is 0 Å². The molecule has 0 saturated carbocycles. The Hall–Kier alpha value is -3.12. The van der Waals surface area contributed by atoms with E-state index >= 15 is 0 Å². The van der Waals surface area contributed by atoms with Crippen LogP contribution >= 0.6 is 11.6 Å². The molecule has 0 aliphatic carbocycles. The molecule has 138 valence electrons. The third-order valence-electron chi connectivity index (χ3n) is 3.82. The van der Waals surface area contributed by atoms with Crippen LogP contribution in [0.5, 0.6) is 0 Å². The van der Waals surface area contributed by atoms with E-state index in [4.69, 9.17) is 16.3 Å². The number of hydrogen-bond acceptors (Lipinski definition) is 6. The average molecular weight is 383 g/mol. The number of benzene rings is 2. The van der Waals surface area contributed by atoms with Crippen LogP contribution in [0.25, 0.3) is 0 Å². The number of ether oxygens (including phenoxy) is 1. The molecule has 1 heterocycles. The van der Waals surface area contributed by atoms with Crippen LogP contribution in [-0.2, 0) is 11.3 Å². The highest BCUT2D eigenvalue weighted by Crippen LogP contribution is 2.21. The van der Waals surface area contributed by atoms with Gasteiger partial charge in [0.2, 0.25) is 5.95 Å². The fraction of sp³-hybridized carbons (Fsp3) is 0.150. The van der Waals surface area contributed by atoms with E-state index in [1.54, 1.807) is 18.2 Å². The average Bonchev–Trinajstić information content (AvgIpc) is 2.67. The van der Waals surface area contributed by atoms with Gasteiger partial charge in [0.25, 0.3) is 0 Å². The molecule has 0 unspecified atom stereocenters. The zero-order valence-electron chi connectivity index (χ0n) is 15.0. The fourth-order valence-electron chi connectivity index (χ4n) is 2.51. The number of nitrogens with one attached hydrogen (secondary N) is 2. The molecule has 0 spiro atoms. The molecule has 3 rings (SSSR count). The Morgan fingerprint density at radius 3 is 2.59 bits per heavy atom. The third kappa shape index (κ3) is 4.95. The van der Waals surface area contributed by atoms with Gasteiger partial charge in [0, 0.05) is 23.3 Å². The van der Waals surface area contributed by atoms with Crippen LogP contribution < -0.4 is 10.6 Å². The van der Waals surface area contributed by atoms with Crippen molar-refractivity contribution < 1.29 is 9.53 Å². The summed E-state index contributed by atoms with van der Waals surface area (Å²) in [5.74, 6) is 0.646. The summed E-state index contributed by atoms with van der Waals surface area (Å²) >= 11 is 5.91. The molecule has 6 nitrogen and oxygen atoms in total. The summed E-state index contributed by atoms with van der Waals surface area (Å²) in [5.41, 5.74) is 2.88. The highest BCUT2D eigenvalue weighted by Gasteiger charge is 2.12. The molecule has 0 fully saturated rings. The number of para-hydroxylation sites is 1. The van der Waals surface area contributed by atoms with Crippen molar-refractivity contribution in [1.82, 2.24) is 9.97 Å². The first-order valence-electron chi connectivity index (χ1n) is 8.33. The minimum absolute atomic E-state index is 0.393. The van der Waals surface area contributed by atoms with Crippen LogP contribution in [0.3, 0.4) is 0 Å². The quantitative estimate of drug-likeness (QED) is 0.608. The number of nitrogens with zero attached hydrogens (tertiary/aromatic N) is 2. The standard InChI is InChI=1S/C20H19ClN4O2/c1-13-11-18(22-12-14-7-9-15(21)10-8-14)25-20(23-13)24-17-6-4-3-5-16(17)19(26)27-2/h3-11H,12H2,1-2H3,(H2,22,23,24,25). The Balaban J connectivity index is 1.78. The lowest BCUT2D eigenvalue weighted by Gasteiger charge is -2.12. The number of hydrogen-bond donors (Lipinski definition) is 2. The van der Waals surface area contributed by atoms with E-state index in [9.17, 15) is 4.79 Å². The van der Waals surface area contributed by atoms with Crippen molar-refractivity contribution in [3.63, 3.8) is 0 Å². The molecule has 0 saturated heterocycles. The summed E-state index contributed by atoms with van der Waals surface area (Å²) in [5, 5.41) is 7.07. The number of esters is 1. The second kappa shape index (κ2) is 8.51. The predicted octanol–water partition coefficient (Wildman–Crippen LogP) is 4.58. The SMILES string of the molecule is COC(=O)c1ccccc1Nc1nc(C)cc(NCc2ccc(Cl)cc2)n1. The largest absolute Gasteiger partial charge is 0.465 e. The summed E-state index contributed by atoms with van der Waals surface area (Å²) in [6, 6.07) is 16.5. The number of carbonyl (C=O) groups excluding carboxylic acids is 1. The molecule has 0 aliphatic rings. The van der Waals surface area contributed by atoms with Crippen LogP contribution in [0.1, 0.15) is 21.6 Å². The summed E-state index contributed by atoms with van der Waals surface area (Å²) < 4.78 is 4.82. The zero-order valence-corrected chi connectivity index (χ0v) is 15.7. The second-order valence-electron chi connectivity index (χ2n) is 5.86. The lowest BCUT2D eigenvalue weighted by molar-refractivity contribution is 0.0602. The lowest BCUT2D eigenvalue weighted by Crippen LogP contribution is -2.09. The molecule has 0 radical (unpaired) electrons. The monoisotopic (exact) mass is 382 g/mol. The van der Waals surface area contributed by atoms with Crippen LogP contribution in [0.15, 0.2) is 54.6 Å². The Morgan fingerprint density at radius 2 is 1.85 bits per heavy atom. The highest BCUT2D eigenvalue weighted by molar-refractivity contribution is 6.30. The van der Waals surface area contributed by atoms with Crippen LogP contribution in [0.4, 0.5) is 17.5 Å². The van der Waals surface area contributed by atoms with Crippen LogP contribution in [0.2, 0.25) is 5.02 Å². The Bertz CT molecular complexity index is 945. The number of halogens is 1. The van der Waals surface area contributed by atoms with Gasteiger partial charge in [0.1, 0.15) is 5.82 Å². The Morgan fingerprint density at radius 1 is 1.11 bits per heavy atom. The van der Waals surface area contributed by atoms with Gasteiger partial charge in [0.05, 0.1) is 18.4 Å². The minimum atomic E-state index is -0.424. The molecule has 2 aromatic carbocycles. The van der Waals surface area contributed by atoms with Crippen LogP contribution in [0, 0.1) is 6.92 Å². The smallest absolute Gasteiger partial charge is 0.339 e. The molecule has 0 aliphatic heterocycles. The van der Waals surface area contributed by atoms with Crippen molar-refractivity contribution in [3.05, 3.63) is 76.4 Å². The molecule has 1 aromatic heterocycles. The van der Waals surface area contributed by atoms with Gasteiger partial charge in [-0.05, 0) is 36.8 Å². The summed E-state index contributed by atoms with van der Waals surface area (Å²) in [7, 11) is 1.35. The maximum Gasteiger partial charge on any atom is 0.339 e. The van der Waals surface area contributed by atoms with Gasteiger partial charge in [-0.25, -0.2) is 9.78 Å². The number of rotatable bonds is 6. The van der Waals surface area contributed by atoms with Gasteiger partial charge in [-0.2, -0.15) is 4.98 Å². The molecule has 3 aromatic rings. The van der Waals surface area contributed by atoms with E-state index in [-0.39, 0.29) is 0 Å². The molecular formula is C20H19ClN4O2. The summed E-state index contributed by atoms with van der Waals surface area (Å²) in [4.78, 5) is 20.8. The number of methoxy groups -OCH3 is 1. The van der Waals surface area contributed by atoms with E-state index in [1.165, 1.54) is 7.11 Å². The van der Waals surface area contributed by atoms with E-state index in [1.807, 2.05) is 43.3 Å². The number of aryl methyl sites for hydroxylation is 1. The van der Waals surface area contributed by atoms with Crippen molar-refractivity contribution in [2.45, 2.75) is 13.5 Å². The lowest BCUT2D eigenvalue weighted by atomic mass is 10.2. The fourth-order valence-corrected chi connectivity index (χ4v) is 2.64. The third-order valence-corrected chi connectivity index (χ3v) is 4.07. The Labute approximate surface area is 162 Å². The summed E-state index contributed by atoms with van der Waals surface area (Å²) in [6.45, 7) is 2.48. The molecule has 0 amide bonds. The normalized spacial score (nSPS) is 10.3. The maximum absolute atomic E-state index is 11.9. The highest BCUT2D eigenvalue weighted by atomic mass is 35.5. The first-order chi connectivity index (χ1) is 13.0. The topological polar surface area (TPSA) is 76.1 Å². The molecule has 0 bridgehead atoms. The second-order valence-corrected chi connectivity index (χ2v) is 6.30. The molecule has 2 N–H and O–H groups in total. The van der Waals surface area contributed by atoms with E-state index in [0.29, 0.717) is 34.6 Å². The van der Waals surface area contributed by atoms with Crippen LogP contribution in [-0.4, -0.2) is 23.0 Å². The van der Waals surface area contributed by atoms with Gasteiger partial charge in [-0.15, -0.1) is 0 Å². The van der Waals surface area contributed by atoms with E-state index in [0.717, 1.165) is 11.3 Å². The van der Waals surface area contributed by atoms with Gasteiger partial charge >= 0.3 is 5.97 Å². The molecular weight excluding hydrogens is 364 g/mol. The van der Waals surface area contributed by atoms with Gasteiger partial charge in [0.15, 0.2) is 0 Å². The first kappa shape index (κ1) is 18.7. The number of anilines is 3. The zero-order chi connectivity index (χ0) is 19.2. The molecule has 27 heavy (non-hydrogen) atoms. The number of aromatic nitrogens is 2. The maximum atomic E-state index is 11.9. The first-order valence-corrected chi connectivity index (χ1v) is 8.71. The van der Waals surface area contributed by atoms with Crippen molar-refractivity contribution in [1.29, 1.82) is 0 Å². The minimum Gasteiger partial charge on any atom is -0.465 e. The van der Waals surface area contributed by atoms with Crippen molar-refractivity contribution >= 4 is 35.0 Å².